The van der Waals surface area contributed by atoms with Gasteiger partial charge in [0.1, 0.15) is 0 Å². The fraction of sp³-hybridized carbons (Fsp3) is 0.571. The molecule has 94 valence electrons. The summed E-state index contributed by atoms with van der Waals surface area (Å²) in [5.74, 6) is 0.718. The van der Waals surface area contributed by atoms with Crippen molar-refractivity contribution in [3.63, 3.8) is 0 Å². The second kappa shape index (κ2) is 6.15. The van der Waals surface area contributed by atoms with Crippen LogP contribution in [-0.2, 0) is 6.42 Å². The van der Waals surface area contributed by atoms with Crippen molar-refractivity contribution in [2.24, 2.45) is 17.6 Å². The van der Waals surface area contributed by atoms with E-state index in [0.29, 0.717) is 24.9 Å². The number of β-amino-alcohol motifs (C(OH)–C–C–N with tert-alkyl or cyclic N) is 1. The third-order valence-corrected chi connectivity index (χ3v) is 3.75. The van der Waals surface area contributed by atoms with Crippen molar-refractivity contribution in [3.05, 3.63) is 35.9 Å². The molecule has 1 aliphatic heterocycles. The highest BCUT2D eigenvalue weighted by molar-refractivity contribution is 5.15. The Morgan fingerprint density at radius 2 is 2.12 bits per heavy atom. The standard InChI is InChI=1S/C14H22N2O/c15-9-12(8-11-4-2-1-3-5-11)13-6-7-16-10-14(13)17/h1-5,12-14,16-17H,6-10,15H2. The second-order valence-corrected chi connectivity index (χ2v) is 4.91. The zero-order valence-corrected chi connectivity index (χ0v) is 10.2. The van der Waals surface area contributed by atoms with Crippen LogP contribution in [0.3, 0.4) is 0 Å². The Labute approximate surface area is 103 Å². The summed E-state index contributed by atoms with van der Waals surface area (Å²) in [5, 5.41) is 13.2. The lowest BCUT2D eigenvalue weighted by Gasteiger charge is -2.34. The van der Waals surface area contributed by atoms with Crippen LogP contribution in [0.4, 0.5) is 0 Å². The second-order valence-electron chi connectivity index (χ2n) is 4.91. The number of hydrogen-bond acceptors (Lipinski definition) is 3. The van der Waals surface area contributed by atoms with Gasteiger partial charge in [-0.3, -0.25) is 0 Å². The average Bonchev–Trinajstić information content (AvgIpc) is 2.38. The molecule has 2 rings (SSSR count). The quantitative estimate of drug-likeness (QED) is 0.721. The van der Waals surface area contributed by atoms with E-state index >= 15 is 0 Å². The lowest BCUT2D eigenvalue weighted by Crippen LogP contribution is -2.45. The fourth-order valence-corrected chi connectivity index (χ4v) is 2.74. The molecule has 0 amide bonds. The number of piperidine rings is 1. The summed E-state index contributed by atoms with van der Waals surface area (Å²) in [5.41, 5.74) is 7.20. The number of aliphatic hydroxyl groups excluding tert-OH is 1. The molecule has 3 heteroatoms. The first kappa shape index (κ1) is 12.6. The van der Waals surface area contributed by atoms with E-state index in [0.717, 1.165) is 19.4 Å². The molecular weight excluding hydrogens is 212 g/mol. The molecule has 1 aromatic carbocycles. The van der Waals surface area contributed by atoms with E-state index in [4.69, 9.17) is 5.73 Å². The molecule has 0 bridgehead atoms. The van der Waals surface area contributed by atoms with Gasteiger partial charge < -0.3 is 16.2 Å². The minimum Gasteiger partial charge on any atom is -0.392 e. The van der Waals surface area contributed by atoms with Gasteiger partial charge in [0.05, 0.1) is 6.10 Å². The molecule has 1 fully saturated rings. The molecule has 3 atom stereocenters. The first-order chi connectivity index (χ1) is 8.31. The predicted molar refractivity (Wildman–Crippen MR) is 69.7 cm³/mol. The molecule has 0 saturated carbocycles. The third kappa shape index (κ3) is 3.28. The zero-order valence-electron chi connectivity index (χ0n) is 10.2. The smallest absolute Gasteiger partial charge is 0.0696 e. The summed E-state index contributed by atoms with van der Waals surface area (Å²) in [6.45, 7) is 2.35. The predicted octanol–water partition coefficient (Wildman–Crippen LogP) is 0.774. The molecule has 0 aliphatic carbocycles. The van der Waals surface area contributed by atoms with E-state index in [1.807, 2.05) is 6.07 Å². The van der Waals surface area contributed by atoms with Crippen LogP contribution < -0.4 is 11.1 Å². The summed E-state index contributed by atoms with van der Waals surface area (Å²) in [7, 11) is 0. The topological polar surface area (TPSA) is 58.3 Å². The van der Waals surface area contributed by atoms with Crippen LogP contribution in [0.25, 0.3) is 0 Å². The molecule has 0 radical (unpaired) electrons. The Hall–Kier alpha value is -0.900. The van der Waals surface area contributed by atoms with Gasteiger partial charge >= 0.3 is 0 Å². The van der Waals surface area contributed by atoms with Gasteiger partial charge in [0, 0.05) is 6.54 Å². The van der Waals surface area contributed by atoms with E-state index < -0.39 is 0 Å². The summed E-state index contributed by atoms with van der Waals surface area (Å²) in [4.78, 5) is 0. The van der Waals surface area contributed by atoms with Crippen molar-refractivity contribution < 1.29 is 5.11 Å². The molecule has 1 aliphatic rings. The normalized spacial score (nSPS) is 26.7. The maximum absolute atomic E-state index is 10.0. The van der Waals surface area contributed by atoms with Crippen molar-refractivity contribution in [2.75, 3.05) is 19.6 Å². The van der Waals surface area contributed by atoms with Gasteiger partial charge in [0.2, 0.25) is 0 Å². The molecule has 0 spiro atoms. The van der Waals surface area contributed by atoms with E-state index in [-0.39, 0.29) is 6.10 Å². The zero-order chi connectivity index (χ0) is 12.1. The Balaban J connectivity index is 2.00. The maximum Gasteiger partial charge on any atom is 0.0696 e. The van der Waals surface area contributed by atoms with Gasteiger partial charge in [0.15, 0.2) is 0 Å². The summed E-state index contributed by atoms with van der Waals surface area (Å²) in [6.07, 6.45) is 1.75. The molecule has 0 aromatic heterocycles. The van der Waals surface area contributed by atoms with Gasteiger partial charge in [-0.05, 0) is 43.3 Å². The molecule has 17 heavy (non-hydrogen) atoms. The number of aliphatic hydroxyl groups is 1. The van der Waals surface area contributed by atoms with Gasteiger partial charge in [0.25, 0.3) is 0 Å². The van der Waals surface area contributed by atoms with Crippen LogP contribution >= 0.6 is 0 Å². The monoisotopic (exact) mass is 234 g/mol. The van der Waals surface area contributed by atoms with E-state index in [9.17, 15) is 5.11 Å². The number of nitrogens with one attached hydrogen (secondary N) is 1. The van der Waals surface area contributed by atoms with Gasteiger partial charge in [-0.2, -0.15) is 0 Å². The molecule has 3 unspecified atom stereocenters. The van der Waals surface area contributed by atoms with Crippen molar-refractivity contribution in [3.8, 4) is 0 Å². The Morgan fingerprint density at radius 1 is 1.35 bits per heavy atom. The van der Waals surface area contributed by atoms with E-state index in [1.165, 1.54) is 5.56 Å². The number of benzene rings is 1. The van der Waals surface area contributed by atoms with Gasteiger partial charge in [-0.25, -0.2) is 0 Å². The minimum atomic E-state index is -0.249. The summed E-state index contributed by atoms with van der Waals surface area (Å²) >= 11 is 0. The molecule has 4 N–H and O–H groups in total. The molecule has 3 nitrogen and oxygen atoms in total. The van der Waals surface area contributed by atoms with E-state index in [2.05, 4.69) is 29.6 Å². The van der Waals surface area contributed by atoms with Crippen LogP contribution in [0.2, 0.25) is 0 Å². The maximum atomic E-state index is 10.0. The lowest BCUT2D eigenvalue weighted by atomic mass is 9.79. The summed E-state index contributed by atoms with van der Waals surface area (Å²) in [6, 6.07) is 10.4. The first-order valence-corrected chi connectivity index (χ1v) is 6.44. The van der Waals surface area contributed by atoms with Gasteiger partial charge in [-0.1, -0.05) is 30.3 Å². The Bertz CT molecular complexity index is 328. The highest BCUT2D eigenvalue weighted by Crippen LogP contribution is 2.25. The highest BCUT2D eigenvalue weighted by Gasteiger charge is 2.29. The first-order valence-electron chi connectivity index (χ1n) is 6.44. The van der Waals surface area contributed by atoms with Crippen LogP contribution in [-0.4, -0.2) is 30.8 Å². The summed E-state index contributed by atoms with van der Waals surface area (Å²) < 4.78 is 0. The molecule has 1 saturated heterocycles. The van der Waals surface area contributed by atoms with E-state index in [1.54, 1.807) is 0 Å². The number of rotatable bonds is 4. The SMILES string of the molecule is NCC(Cc1ccccc1)C1CCNCC1O. The molecule has 1 heterocycles. The third-order valence-electron chi connectivity index (χ3n) is 3.75. The highest BCUT2D eigenvalue weighted by atomic mass is 16.3. The van der Waals surface area contributed by atoms with Crippen molar-refractivity contribution in [1.82, 2.24) is 5.32 Å². The Morgan fingerprint density at radius 3 is 2.76 bits per heavy atom. The average molecular weight is 234 g/mol. The van der Waals surface area contributed by atoms with Crippen molar-refractivity contribution >= 4 is 0 Å². The van der Waals surface area contributed by atoms with Crippen molar-refractivity contribution in [1.29, 1.82) is 0 Å². The fourth-order valence-electron chi connectivity index (χ4n) is 2.74. The Kier molecular flexibility index (Phi) is 4.54. The minimum absolute atomic E-state index is 0.249. The molecule has 1 aromatic rings. The van der Waals surface area contributed by atoms with Crippen LogP contribution in [0.5, 0.6) is 0 Å². The largest absolute Gasteiger partial charge is 0.392 e. The van der Waals surface area contributed by atoms with Gasteiger partial charge in [-0.15, -0.1) is 0 Å². The number of nitrogens with two attached hydrogens (primary N) is 1. The lowest BCUT2D eigenvalue weighted by molar-refractivity contribution is 0.0497. The van der Waals surface area contributed by atoms with Crippen LogP contribution in [0.1, 0.15) is 12.0 Å². The van der Waals surface area contributed by atoms with Crippen molar-refractivity contribution in [2.45, 2.75) is 18.9 Å². The number of hydrogen-bond donors (Lipinski definition) is 3. The molecular formula is C14H22N2O. The van der Waals surface area contributed by atoms with Crippen LogP contribution in [0.15, 0.2) is 30.3 Å². The van der Waals surface area contributed by atoms with Crippen LogP contribution in [0, 0.1) is 11.8 Å².